The van der Waals surface area contributed by atoms with Crippen LogP contribution in [0.2, 0.25) is 0 Å². The molecular formula is C30H25F2N3O4S2. The summed E-state index contributed by atoms with van der Waals surface area (Å²) in [6.07, 6.45) is 1.87. The Balaban J connectivity index is 1.50. The number of Topliss-reactive ketones (excluding diaryl/α,β-unsaturated/α-hetero) is 1. The van der Waals surface area contributed by atoms with Gasteiger partial charge < -0.3 is 9.84 Å². The summed E-state index contributed by atoms with van der Waals surface area (Å²) in [4.78, 5) is 27.8. The lowest BCUT2D eigenvalue weighted by Crippen LogP contribution is -2.29. The number of anilines is 1. The van der Waals surface area contributed by atoms with E-state index in [1.54, 1.807) is 48.5 Å². The second kappa shape index (κ2) is 12.6. The zero-order valence-corrected chi connectivity index (χ0v) is 23.6. The van der Waals surface area contributed by atoms with E-state index in [0.717, 1.165) is 29.1 Å². The number of amides is 1. The summed E-state index contributed by atoms with van der Waals surface area (Å²) in [7, 11) is 0. The minimum absolute atomic E-state index is 0.0172. The van der Waals surface area contributed by atoms with E-state index in [4.69, 9.17) is 4.74 Å². The molecule has 1 atom stereocenters. The van der Waals surface area contributed by atoms with Crippen LogP contribution in [0.4, 0.5) is 13.9 Å². The first-order valence-electron chi connectivity index (χ1n) is 12.9. The van der Waals surface area contributed by atoms with E-state index in [0.29, 0.717) is 22.3 Å². The maximum Gasteiger partial charge on any atom is 0.301 e. The molecule has 1 amide bonds. The number of carbonyl (C=O) groups excluding carboxylic acids is 2. The largest absolute Gasteiger partial charge is 0.507 e. The molecule has 0 spiro atoms. The van der Waals surface area contributed by atoms with Crippen LogP contribution in [0, 0.1) is 11.6 Å². The zero-order chi connectivity index (χ0) is 28.9. The summed E-state index contributed by atoms with van der Waals surface area (Å²) in [5, 5.41) is 19.5. The van der Waals surface area contributed by atoms with Crippen LogP contribution >= 0.6 is 23.1 Å². The molecule has 1 fully saturated rings. The van der Waals surface area contributed by atoms with E-state index in [1.807, 2.05) is 0 Å². The predicted octanol–water partition coefficient (Wildman–Crippen LogP) is 6.91. The number of halogens is 2. The summed E-state index contributed by atoms with van der Waals surface area (Å²) in [5.41, 5.74) is 0.493. The van der Waals surface area contributed by atoms with E-state index in [9.17, 15) is 19.1 Å². The number of rotatable bonds is 10. The van der Waals surface area contributed by atoms with Crippen LogP contribution in [0.3, 0.4) is 0 Å². The first kappa shape index (κ1) is 28.4. The summed E-state index contributed by atoms with van der Waals surface area (Å²) in [5.74, 6) is -2.54. The molecule has 0 saturated carbocycles. The number of thioether (sulfide) groups is 1. The molecule has 210 valence electrons. The molecular weight excluding hydrogens is 568 g/mol. The van der Waals surface area contributed by atoms with Crippen molar-refractivity contribution >= 4 is 45.7 Å². The Morgan fingerprint density at radius 3 is 2.41 bits per heavy atom. The molecule has 0 bridgehead atoms. The van der Waals surface area contributed by atoms with Gasteiger partial charge in [-0.1, -0.05) is 72.8 Å². The van der Waals surface area contributed by atoms with Crippen LogP contribution < -0.4 is 9.64 Å². The number of aliphatic hydroxyl groups excluding tert-OH is 1. The molecule has 41 heavy (non-hydrogen) atoms. The van der Waals surface area contributed by atoms with Crippen LogP contribution in [0.5, 0.6) is 5.75 Å². The van der Waals surface area contributed by atoms with Gasteiger partial charge in [-0.25, -0.2) is 8.78 Å². The fourth-order valence-electron chi connectivity index (χ4n) is 4.33. The number of hydrogen-bond acceptors (Lipinski definition) is 8. The Morgan fingerprint density at radius 2 is 1.71 bits per heavy atom. The first-order valence-corrected chi connectivity index (χ1v) is 14.7. The van der Waals surface area contributed by atoms with Crippen molar-refractivity contribution in [1.29, 1.82) is 0 Å². The normalized spacial score (nSPS) is 16.4. The molecule has 1 aromatic heterocycles. The van der Waals surface area contributed by atoms with Gasteiger partial charge in [-0.05, 0) is 48.4 Å². The average molecular weight is 594 g/mol. The fourth-order valence-corrected chi connectivity index (χ4v) is 6.19. The first-order chi connectivity index (χ1) is 19.9. The Morgan fingerprint density at radius 1 is 1.00 bits per heavy atom. The number of ketones is 1. The van der Waals surface area contributed by atoms with Crippen molar-refractivity contribution in [3.63, 3.8) is 0 Å². The molecule has 11 heteroatoms. The van der Waals surface area contributed by atoms with E-state index < -0.39 is 29.3 Å². The molecule has 7 nitrogen and oxygen atoms in total. The van der Waals surface area contributed by atoms with E-state index in [2.05, 4.69) is 17.1 Å². The number of aliphatic hydroxyl groups is 1. The number of nitrogens with zero attached hydrogens (tertiary/aromatic N) is 3. The highest BCUT2D eigenvalue weighted by atomic mass is 32.2. The predicted molar refractivity (Wildman–Crippen MR) is 154 cm³/mol. The molecule has 1 unspecified atom stereocenters. The lowest BCUT2D eigenvalue weighted by atomic mass is 9.95. The Labute approximate surface area is 243 Å². The monoisotopic (exact) mass is 593 g/mol. The van der Waals surface area contributed by atoms with Gasteiger partial charge in [-0.15, -0.1) is 10.2 Å². The van der Waals surface area contributed by atoms with Gasteiger partial charge in [0, 0.05) is 16.9 Å². The van der Waals surface area contributed by atoms with Crippen molar-refractivity contribution in [3.8, 4) is 5.75 Å². The Bertz CT molecular complexity index is 1610. The van der Waals surface area contributed by atoms with Gasteiger partial charge in [0.25, 0.3) is 5.78 Å². The van der Waals surface area contributed by atoms with Gasteiger partial charge in [0.05, 0.1) is 12.2 Å². The Hall–Kier alpha value is -4.09. The standard InChI is InChI=1S/C30H25F2N3O4S2/c1-2-3-16-39-20-14-12-18(13-15-20)26(36)24-25(21-9-5-7-11-23(21)32)35(28(38)27(24)37)29-33-34-30(41-29)40-17-19-8-4-6-10-22(19)31/h4-15,25,36H,2-3,16-17H2,1H3. The summed E-state index contributed by atoms with van der Waals surface area (Å²) < 4.78 is 35.3. The van der Waals surface area contributed by atoms with Crippen LogP contribution in [-0.2, 0) is 15.3 Å². The second-order valence-electron chi connectivity index (χ2n) is 9.15. The molecule has 0 aliphatic carbocycles. The van der Waals surface area contributed by atoms with Crippen molar-refractivity contribution in [1.82, 2.24) is 10.2 Å². The number of benzene rings is 3. The molecule has 3 aromatic carbocycles. The van der Waals surface area contributed by atoms with Crippen molar-refractivity contribution in [2.45, 2.75) is 35.9 Å². The maximum atomic E-state index is 15.1. The molecule has 1 aliphatic rings. The SMILES string of the molecule is CCCCOc1ccc(C(O)=C2C(=O)C(=O)N(c3nnc(SCc4ccccc4F)s3)C2c2ccccc2F)cc1. The van der Waals surface area contributed by atoms with Crippen molar-refractivity contribution in [3.05, 3.63) is 107 Å². The van der Waals surface area contributed by atoms with E-state index in [-0.39, 0.29) is 33.4 Å². The number of aromatic nitrogens is 2. The second-order valence-corrected chi connectivity index (χ2v) is 11.3. The number of ether oxygens (including phenoxy) is 1. The van der Waals surface area contributed by atoms with Crippen LogP contribution in [0.15, 0.2) is 82.7 Å². The van der Waals surface area contributed by atoms with Gasteiger partial charge in [0.15, 0.2) is 4.34 Å². The van der Waals surface area contributed by atoms with Gasteiger partial charge in [0.2, 0.25) is 5.13 Å². The van der Waals surface area contributed by atoms with Gasteiger partial charge in [-0.2, -0.15) is 0 Å². The maximum absolute atomic E-state index is 15.1. The number of carbonyl (C=O) groups is 2. The van der Waals surface area contributed by atoms with Crippen LogP contribution in [0.25, 0.3) is 5.76 Å². The molecule has 1 aliphatic heterocycles. The minimum atomic E-state index is -1.28. The molecule has 4 aromatic rings. The third-order valence-corrected chi connectivity index (χ3v) is 8.55. The third-order valence-electron chi connectivity index (χ3n) is 6.45. The smallest absolute Gasteiger partial charge is 0.301 e. The molecule has 1 saturated heterocycles. The van der Waals surface area contributed by atoms with Crippen molar-refractivity contribution in [2.24, 2.45) is 0 Å². The van der Waals surface area contributed by atoms with Gasteiger partial charge >= 0.3 is 5.91 Å². The topological polar surface area (TPSA) is 92.6 Å². The number of unbranched alkanes of at least 4 members (excludes halogenated alkanes) is 1. The molecule has 5 rings (SSSR count). The average Bonchev–Trinajstić information content (AvgIpc) is 3.55. The fraction of sp³-hybridized carbons (Fsp3) is 0.200. The summed E-state index contributed by atoms with van der Waals surface area (Å²) >= 11 is 2.23. The highest BCUT2D eigenvalue weighted by Gasteiger charge is 2.49. The summed E-state index contributed by atoms with van der Waals surface area (Å²) in [6.45, 7) is 2.60. The van der Waals surface area contributed by atoms with Crippen molar-refractivity contribution < 1.29 is 28.2 Å². The molecule has 2 heterocycles. The van der Waals surface area contributed by atoms with E-state index >= 15 is 4.39 Å². The Kier molecular flexibility index (Phi) is 8.75. The van der Waals surface area contributed by atoms with E-state index in [1.165, 1.54) is 36.0 Å². The third kappa shape index (κ3) is 6.01. The van der Waals surface area contributed by atoms with Crippen LogP contribution in [-0.4, -0.2) is 33.6 Å². The van der Waals surface area contributed by atoms with Gasteiger partial charge in [0.1, 0.15) is 29.2 Å². The lowest BCUT2D eigenvalue weighted by molar-refractivity contribution is -0.132. The van der Waals surface area contributed by atoms with Gasteiger partial charge in [-0.3, -0.25) is 14.5 Å². The minimum Gasteiger partial charge on any atom is -0.507 e. The highest BCUT2D eigenvalue weighted by molar-refractivity contribution is 8.00. The summed E-state index contributed by atoms with van der Waals surface area (Å²) in [6, 6.07) is 17.3. The molecule has 0 radical (unpaired) electrons. The number of hydrogen-bond donors (Lipinski definition) is 1. The molecule has 1 N–H and O–H groups in total. The lowest BCUT2D eigenvalue weighted by Gasteiger charge is -2.22. The highest BCUT2D eigenvalue weighted by Crippen LogP contribution is 2.44. The van der Waals surface area contributed by atoms with Crippen molar-refractivity contribution in [2.75, 3.05) is 11.5 Å². The quantitative estimate of drug-likeness (QED) is 0.0533. The zero-order valence-electron chi connectivity index (χ0n) is 21.9. The van der Waals surface area contributed by atoms with Crippen LogP contribution in [0.1, 0.15) is 42.5 Å².